The third-order valence-electron chi connectivity index (χ3n) is 5.53. The molecule has 8 nitrogen and oxygen atoms in total. The van der Waals surface area contributed by atoms with Crippen LogP contribution in [0.3, 0.4) is 0 Å². The monoisotopic (exact) mass is 366 g/mol. The van der Waals surface area contributed by atoms with Crippen LogP contribution in [0.15, 0.2) is 0 Å². The van der Waals surface area contributed by atoms with Crippen LogP contribution in [0.2, 0.25) is 0 Å². The number of carbonyl (C=O) groups is 4. The van der Waals surface area contributed by atoms with Crippen molar-refractivity contribution in [1.29, 1.82) is 0 Å². The summed E-state index contributed by atoms with van der Waals surface area (Å²) in [5.74, 6) is -5.76. The van der Waals surface area contributed by atoms with E-state index in [2.05, 4.69) is 10.6 Å². The van der Waals surface area contributed by atoms with Gasteiger partial charge in [-0.05, 0) is 25.7 Å². The Morgan fingerprint density at radius 1 is 0.615 bits per heavy atom. The fraction of sp³-hybridized carbons (Fsp3) is 0.778. The van der Waals surface area contributed by atoms with Crippen LogP contribution >= 0.6 is 0 Å². The second-order valence-electron chi connectivity index (χ2n) is 7.22. The van der Waals surface area contributed by atoms with Gasteiger partial charge in [-0.1, -0.05) is 25.7 Å². The van der Waals surface area contributed by atoms with Crippen molar-refractivity contribution in [3.05, 3.63) is 0 Å². The third kappa shape index (κ3) is 5.19. The van der Waals surface area contributed by atoms with E-state index in [1.165, 1.54) is 0 Å². The van der Waals surface area contributed by atoms with Crippen LogP contribution in [0, 0.1) is 23.7 Å². The topological polar surface area (TPSA) is 138 Å². The smallest absolute Gasteiger partial charge is 0.223 e. The molecule has 0 unspecified atom stereocenters. The van der Waals surface area contributed by atoms with Crippen LogP contribution < -0.4 is 20.8 Å². The Balaban J connectivity index is 1.75. The zero-order chi connectivity index (χ0) is 19.1. The lowest BCUT2D eigenvalue weighted by Gasteiger charge is -2.31. The Morgan fingerprint density at radius 2 is 0.923 bits per heavy atom. The number of hydrogen-bond donors (Lipinski definition) is 2. The van der Waals surface area contributed by atoms with Crippen molar-refractivity contribution >= 4 is 23.8 Å². The summed E-state index contributed by atoms with van der Waals surface area (Å²) < 4.78 is 0. The van der Waals surface area contributed by atoms with Gasteiger partial charge in [0.1, 0.15) is 0 Å². The molecule has 2 amide bonds. The van der Waals surface area contributed by atoms with Crippen molar-refractivity contribution < 1.29 is 29.4 Å². The molecule has 0 heterocycles. The molecular formula is C18H26N2O6-2. The van der Waals surface area contributed by atoms with Crippen LogP contribution in [0.4, 0.5) is 0 Å². The lowest BCUT2D eigenvalue weighted by atomic mass is 9.78. The van der Waals surface area contributed by atoms with E-state index in [1.807, 2.05) is 0 Å². The first-order valence-electron chi connectivity index (χ1n) is 9.39. The Kier molecular flexibility index (Phi) is 7.41. The fourth-order valence-corrected chi connectivity index (χ4v) is 4.09. The molecular weight excluding hydrogens is 340 g/mol. The van der Waals surface area contributed by atoms with E-state index in [4.69, 9.17) is 0 Å². The molecule has 2 saturated carbocycles. The quantitative estimate of drug-likeness (QED) is 0.517. The van der Waals surface area contributed by atoms with E-state index in [0.717, 1.165) is 25.7 Å². The highest BCUT2D eigenvalue weighted by Gasteiger charge is 2.32. The number of hydrogen-bond acceptors (Lipinski definition) is 6. The molecule has 2 aliphatic rings. The summed E-state index contributed by atoms with van der Waals surface area (Å²) in [4.78, 5) is 46.7. The molecule has 2 fully saturated rings. The van der Waals surface area contributed by atoms with Crippen LogP contribution in [-0.2, 0) is 19.2 Å². The van der Waals surface area contributed by atoms with Crippen LogP contribution in [0.25, 0.3) is 0 Å². The lowest BCUT2D eigenvalue weighted by Crippen LogP contribution is -2.47. The van der Waals surface area contributed by atoms with Crippen molar-refractivity contribution in [2.75, 3.05) is 13.1 Å². The molecule has 0 aromatic carbocycles. The molecule has 0 aromatic rings. The van der Waals surface area contributed by atoms with Gasteiger partial charge in [-0.15, -0.1) is 0 Å². The van der Waals surface area contributed by atoms with Crippen molar-refractivity contribution in [2.24, 2.45) is 23.7 Å². The van der Waals surface area contributed by atoms with E-state index >= 15 is 0 Å². The summed E-state index contributed by atoms with van der Waals surface area (Å²) in [6.07, 6.45) is 5.11. The van der Waals surface area contributed by atoms with Crippen molar-refractivity contribution in [3.63, 3.8) is 0 Å². The van der Waals surface area contributed by atoms with Crippen molar-refractivity contribution in [2.45, 2.75) is 51.4 Å². The Labute approximate surface area is 152 Å². The van der Waals surface area contributed by atoms with E-state index in [0.29, 0.717) is 25.7 Å². The highest BCUT2D eigenvalue weighted by molar-refractivity contribution is 5.85. The second kappa shape index (κ2) is 9.54. The summed E-state index contributed by atoms with van der Waals surface area (Å²) in [5.41, 5.74) is 0. The van der Waals surface area contributed by atoms with Crippen LogP contribution in [0.1, 0.15) is 51.4 Å². The summed E-state index contributed by atoms with van der Waals surface area (Å²) in [7, 11) is 0. The van der Waals surface area contributed by atoms with E-state index in [-0.39, 0.29) is 24.9 Å². The minimum absolute atomic E-state index is 0.170. The van der Waals surface area contributed by atoms with Gasteiger partial charge in [0.25, 0.3) is 0 Å². The highest BCUT2D eigenvalue weighted by Crippen LogP contribution is 2.30. The van der Waals surface area contributed by atoms with Gasteiger partial charge in [0, 0.05) is 48.7 Å². The minimum atomic E-state index is -1.19. The van der Waals surface area contributed by atoms with Gasteiger partial charge in [-0.2, -0.15) is 0 Å². The molecule has 0 saturated heterocycles. The second-order valence-corrected chi connectivity index (χ2v) is 7.22. The maximum absolute atomic E-state index is 12.2. The maximum Gasteiger partial charge on any atom is 0.223 e. The number of nitrogens with one attached hydrogen (secondary N) is 2. The zero-order valence-electron chi connectivity index (χ0n) is 14.8. The molecule has 0 bridgehead atoms. The third-order valence-corrected chi connectivity index (χ3v) is 5.53. The number of rotatable bonds is 7. The summed E-state index contributed by atoms with van der Waals surface area (Å²) in [6, 6.07) is 0. The van der Waals surface area contributed by atoms with Gasteiger partial charge >= 0.3 is 0 Å². The van der Waals surface area contributed by atoms with Crippen LogP contribution in [-0.4, -0.2) is 36.8 Å². The SMILES string of the molecule is O=C(NCCNC(=O)[C@H]1CCCC[C@H]1C(=O)[O-])[C@H]1CCCC[C@H]1C(=O)[O-]. The molecule has 146 valence electrons. The predicted octanol–water partition coefficient (Wildman–Crippen LogP) is -1.67. The number of carboxylic acid groups (broad SMARTS) is 2. The minimum Gasteiger partial charge on any atom is -0.550 e. The number of carboxylic acids is 2. The first kappa shape index (κ1) is 20.2. The van der Waals surface area contributed by atoms with Gasteiger partial charge in [0.15, 0.2) is 0 Å². The van der Waals surface area contributed by atoms with E-state index in [9.17, 15) is 29.4 Å². The predicted molar refractivity (Wildman–Crippen MR) is 86.9 cm³/mol. The standard InChI is InChI=1S/C18H28N2O6/c21-15(11-5-1-3-7-13(11)17(23)24)19-9-10-20-16(22)12-6-2-4-8-14(12)18(25)26/h11-14H,1-10H2,(H,19,21)(H,20,22)(H,23,24)(H,25,26)/p-2/t11-,12-,13+,14+/m0/s1. The molecule has 4 atom stereocenters. The highest BCUT2D eigenvalue weighted by atomic mass is 16.4. The number of aliphatic carboxylic acids is 2. The van der Waals surface area contributed by atoms with Gasteiger partial charge in [-0.3, -0.25) is 9.59 Å². The molecule has 2 rings (SSSR count). The maximum atomic E-state index is 12.2. The van der Waals surface area contributed by atoms with Gasteiger partial charge in [-0.25, -0.2) is 0 Å². The fourth-order valence-electron chi connectivity index (χ4n) is 4.09. The first-order valence-corrected chi connectivity index (χ1v) is 9.39. The molecule has 26 heavy (non-hydrogen) atoms. The average Bonchev–Trinajstić information content (AvgIpc) is 2.64. The molecule has 2 N–H and O–H groups in total. The summed E-state index contributed by atoms with van der Waals surface area (Å²) in [5, 5.41) is 27.6. The normalized spacial score (nSPS) is 28.8. The first-order chi connectivity index (χ1) is 12.4. The largest absolute Gasteiger partial charge is 0.550 e. The molecule has 2 aliphatic carbocycles. The molecule has 0 aliphatic heterocycles. The molecule has 0 spiro atoms. The van der Waals surface area contributed by atoms with E-state index in [1.54, 1.807) is 0 Å². The Hall–Kier alpha value is -2.12. The lowest BCUT2D eigenvalue weighted by molar-refractivity contribution is -0.315. The van der Waals surface area contributed by atoms with Crippen LogP contribution in [0.5, 0.6) is 0 Å². The van der Waals surface area contributed by atoms with E-state index < -0.39 is 35.6 Å². The van der Waals surface area contributed by atoms with Gasteiger partial charge in [0.05, 0.1) is 0 Å². The Bertz CT molecular complexity index is 502. The number of carbonyl (C=O) groups excluding carboxylic acids is 4. The summed E-state index contributed by atoms with van der Waals surface area (Å²) in [6.45, 7) is 0.340. The molecule has 0 aromatic heterocycles. The van der Waals surface area contributed by atoms with Gasteiger partial charge in [0.2, 0.25) is 11.8 Å². The summed E-state index contributed by atoms with van der Waals surface area (Å²) >= 11 is 0. The Morgan fingerprint density at radius 3 is 1.23 bits per heavy atom. The average molecular weight is 366 g/mol. The zero-order valence-corrected chi connectivity index (χ0v) is 14.8. The number of amides is 2. The molecule has 8 heteroatoms. The molecule has 0 radical (unpaired) electrons. The van der Waals surface area contributed by atoms with Crippen molar-refractivity contribution in [3.8, 4) is 0 Å². The van der Waals surface area contributed by atoms with Crippen molar-refractivity contribution in [1.82, 2.24) is 10.6 Å². The van der Waals surface area contributed by atoms with Gasteiger partial charge < -0.3 is 30.4 Å².